The minimum atomic E-state index is 0.103. The third kappa shape index (κ3) is 2.43. The minimum absolute atomic E-state index is 0.103. The summed E-state index contributed by atoms with van der Waals surface area (Å²) in [6.45, 7) is 4.17. The van der Waals surface area contributed by atoms with Crippen LogP contribution in [0.2, 0.25) is 0 Å². The van der Waals surface area contributed by atoms with Gasteiger partial charge in [0.05, 0.1) is 10.8 Å². The second kappa shape index (κ2) is 5.64. The number of piperazine rings is 1. The van der Waals surface area contributed by atoms with Crippen molar-refractivity contribution in [3.05, 3.63) is 22.4 Å². The third-order valence-corrected chi connectivity index (χ3v) is 6.44. The first-order valence-corrected chi connectivity index (χ1v) is 9.18. The molecule has 7 heteroatoms. The van der Waals surface area contributed by atoms with Gasteiger partial charge in [0.15, 0.2) is 0 Å². The maximum atomic E-state index is 12.6. The molecular formula is C15H17N3O2S2. The SMILES string of the molecule is O=C(c1cc2sccc2s1)N1CCN(C(=O)C2CNC2)CC1. The van der Waals surface area contributed by atoms with Gasteiger partial charge in [0, 0.05) is 48.7 Å². The van der Waals surface area contributed by atoms with E-state index in [0.717, 1.165) is 18.0 Å². The average Bonchev–Trinajstić information content (AvgIpc) is 3.06. The highest BCUT2D eigenvalue weighted by molar-refractivity contribution is 7.27. The molecule has 0 spiro atoms. The highest BCUT2D eigenvalue weighted by Gasteiger charge is 2.32. The maximum Gasteiger partial charge on any atom is 0.264 e. The van der Waals surface area contributed by atoms with Crippen molar-refractivity contribution in [3.8, 4) is 0 Å². The first-order valence-electron chi connectivity index (χ1n) is 7.48. The quantitative estimate of drug-likeness (QED) is 0.904. The van der Waals surface area contributed by atoms with Crippen LogP contribution in [0, 0.1) is 5.92 Å². The summed E-state index contributed by atoms with van der Waals surface area (Å²) in [6, 6.07) is 4.05. The van der Waals surface area contributed by atoms with Gasteiger partial charge >= 0.3 is 0 Å². The Morgan fingerprint density at radius 2 is 1.82 bits per heavy atom. The van der Waals surface area contributed by atoms with Gasteiger partial charge in [-0.05, 0) is 17.5 Å². The largest absolute Gasteiger partial charge is 0.339 e. The van der Waals surface area contributed by atoms with Crippen molar-refractivity contribution in [2.24, 2.45) is 5.92 Å². The van der Waals surface area contributed by atoms with E-state index >= 15 is 0 Å². The molecule has 1 N–H and O–H groups in total. The van der Waals surface area contributed by atoms with Gasteiger partial charge in [-0.25, -0.2) is 0 Å². The number of fused-ring (bicyclic) bond motifs is 1. The molecule has 2 aromatic rings. The highest BCUT2D eigenvalue weighted by Crippen LogP contribution is 2.30. The molecule has 4 rings (SSSR count). The molecule has 0 atom stereocenters. The minimum Gasteiger partial charge on any atom is -0.339 e. The van der Waals surface area contributed by atoms with E-state index in [1.807, 2.05) is 15.9 Å². The summed E-state index contributed by atoms with van der Waals surface area (Å²) in [5.74, 6) is 0.486. The number of carbonyl (C=O) groups excluding carboxylic acids is 2. The molecule has 116 valence electrons. The number of hydrogen-bond donors (Lipinski definition) is 1. The molecule has 0 aliphatic carbocycles. The van der Waals surface area contributed by atoms with Crippen LogP contribution in [0.1, 0.15) is 9.67 Å². The van der Waals surface area contributed by atoms with Gasteiger partial charge in [-0.2, -0.15) is 0 Å². The van der Waals surface area contributed by atoms with Crippen molar-refractivity contribution in [2.75, 3.05) is 39.3 Å². The van der Waals surface area contributed by atoms with Crippen LogP contribution in [0.25, 0.3) is 9.40 Å². The number of thiophene rings is 2. The van der Waals surface area contributed by atoms with Crippen LogP contribution >= 0.6 is 22.7 Å². The molecule has 0 bridgehead atoms. The van der Waals surface area contributed by atoms with E-state index in [4.69, 9.17) is 0 Å². The van der Waals surface area contributed by atoms with Crippen LogP contribution in [0.5, 0.6) is 0 Å². The molecule has 2 fully saturated rings. The van der Waals surface area contributed by atoms with Crippen LogP contribution in [-0.2, 0) is 4.79 Å². The molecule has 0 radical (unpaired) electrons. The van der Waals surface area contributed by atoms with Crippen LogP contribution < -0.4 is 5.32 Å². The monoisotopic (exact) mass is 335 g/mol. The lowest BCUT2D eigenvalue weighted by Crippen LogP contribution is -2.57. The molecule has 5 nitrogen and oxygen atoms in total. The number of nitrogens with zero attached hydrogens (tertiary/aromatic N) is 2. The topological polar surface area (TPSA) is 52.7 Å². The first kappa shape index (κ1) is 14.2. The number of hydrogen-bond acceptors (Lipinski definition) is 5. The fraction of sp³-hybridized carbons (Fsp3) is 0.467. The standard InChI is InChI=1S/C15H17N3O2S2/c19-14(10-8-16-9-10)17-2-4-18(5-3-17)15(20)13-7-12-11(22-13)1-6-21-12/h1,6-7,10,16H,2-5,8-9H2. The molecule has 0 aromatic carbocycles. The summed E-state index contributed by atoms with van der Waals surface area (Å²) in [5.41, 5.74) is 0. The Hall–Kier alpha value is -1.44. The predicted molar refractivity (Wildman–Crippen MR) is 88.5 cm³/mol. The van der Waals surface area contributed by atoms with Crippen molar-refractivity contribution in [1.29, 1.82) is 0 Å². The van der Waals surface area contributed by atoms with E-state index in [0.29, 0.717) is 26.2 Å². The van der Waals surface area contributed by atoms with E-state index in [-0.39, 0.29) is 17.7 Å². The van der Waals surface area contributed by atoms with E-state index in [2.05, 4.69) is 16.8 Å². The Labute approximate surface area is 136 Å². The van der Waals surface area contributed by atoms with Gasteiger partial charge in [0.2, 0.25) is 5.91 Å². The summed E-state index contributed by atoms with van der Waals surface area (Å²) in [5, 5.41) is 5.18. The van der Waals surface area contributed by atoms with Gasteiger partial charge in [-0.15, -0.1) is 22.7 Å². The molecule has 2 saturated heterocycles. The third-order valence-electron chi connectivity index (χ3n) is 4.36. The second-order valence-corrected chi connectivity index (χ2v) is 7.76. The van der Waals surface area contributed by atoms with E-state index < -0.39 is 0 Å². The van der Waals surface area contributed by atoms with Crippen LogP contribution in [-0.4, -0.2) is 60.9 Å². The smallest absolute Gasteiger partial charge is 0.264 e. The maximum absolute atomic E-state index is 12.6. The molecular weight excluding hydrogens is 318 g/mol. The normalized spacial score (nSPS) is 19.5. The molecule has 2 amide bonds. The van der Waals surface area contributed by atoms with Gasteiger partial charge < -0.3 is 15.1 Å². The van der Waals surface area contributed by atoms with Crippen LogP contribution in [0.3, 0.4) is 0 Å². The molecule has 0 saturated carbocycles. The fourth-order valence-corrected chi connectivity index (χ4v) is 4.96. The van der Waals surface area contributed by atoms with Gasteiger partial charge in [-0.1, -0.05) is 0 Å². The second-order valence-electron chi connectivity index (χ2n) is 5.73. The lowest BCUT2D eigenvalue weighted by atomic mass is 10.0. The Bertz CT molecular complexity index is 683. The molecule has 22 heavy (non-hydrogen) atoms. The van der Waals surface area contributed by atoms with E-state index in [9.17, 15) is 9.59 Å². The number of amides is 2. The van der Waals surface area contributed by atoms with Gasteiger partial charge in [0.1, 0.15) is 0 Å². The number of carbonyl (C=O) groups is 2. The summed E-state index contributed by atoms with van der Waals surface area (Å²) in [7, 11) is 0. The van der Waals surface area contributed by atoms with E-state index in [1.54, 1.807) is 22.7 Å². The van der Waals surface area contributed by atoms with Crippen molar-refractivity contribution in [3.63, 3.8) is 0 Å². The molecule has 4 heterocycles. The molecule has 0 unspecified atom stereocenters. The molecule has 2 aromatic heterocycles. The van der Waals surface area contributed by atoms with Crippen molar-refractivity contribution in [2.45, 2.75) is 0 Å². The average molecular weight is 335 g/mol. The van der Waals surface area contributed by atoms with E-state index in [1.165, 1.54) is 9.40 Å². The highest BCUT2D eigenvalue weighted by atomic mass is 32.1. The van der Waals surface area contributed by atoms with Crippen LogP contribution in [0.4, 0.5) is 0 Å². The summed E-state index contributed by atoms with van der Waals surface area (Å²) >= 11 is 3.23. The van der Waals surface area contributed by atoms with Crippen LogP contribution in [0.15, 0.2) is 17.5 Å². The van der Waals surface area contributed by atoms with Gasteiger partial charge in [0.25, 0.3) is 5.91 Å². The summed E-state index contributed by atoms with van der Waals surface area (Å²) < 4.78 is 2.36. The lowest BCUT2D eigenvalue weighted by molar-refractivity contribution is -0.138. The first-order chi connectivity index (χ1) is 10.7. The lowest BCUT2D eigenvalue weighted by Gasteiger charge is -2.38. The Morgan fingerprint density at radius 3 is 2.45 bits per heavy atom. The van der Waals surface area contributed by atoms with Crippen molar-refractivity contribution < 1.29 is 9.59 Å². The number of nitrogens with one attached hydrogen (secondary N) is 1. The van der Waals surface area contributed by atoms with Gasteiger partial charge in [-0.3, -0.25) is 9.59 Å². The predicted octanol–water partition coefficient (Wildman–Crippen LogP) is 1.47. The number of rotatable bonds is 2. The van der Waals surface area contributed by atoms with Crippen molar-refractivity contribution >= 4 is 43.9 Å². The van der Waals surface area contributed by atoms with Crippen molar-refractivity contribution in [1.82, 2.24) is 15.1 Å². The zero-order valence-corrected chi connectivity index (χ0v) is 13.7. The zero-order chi connectivity index (χ0) is 15.1. The summed E-state index contributed by atoms with van der Waals surface area (Å²) in [4.78, 5) is 29.4. The Kier molecular flexibility index (Phi) is 3.63. The zero-order valence-electron chi connectivity index (χ0n) is 12.1. The fourth-order valence-electron chi connectivity index (χ4n) is 2.88. The Balaban J connectivity index is 1.39. The summed E-state index contributed by atoms with van der Waals surface area (Å²) in [6.07, 6.45) is 0. The molecule has 2 aliphatic rings. The molecule has 2 aliphatic heterocycles. The Morgan fingerprint density at radius 1 is 1.09 bits per heavy atom.